The summed E-state index contributed by atoms with van der Waals surface area (Å²) in [5.74, 6) is -1.35. The molecule has 0 bridgehead atoms. The minimum Gasteiger partial charge on any atom is -0.508 e. The molecule has 1 unspecified atom stereocenters. The molecule has 3 heterocycles. The van der Waals surface area contributed by atoms with Gasteiger partial charge in [-0.05, 0) is 56.3 Å². The quantitative estimate of drug-likeness (QED) is 0.363. The smallest absolute Gasteiger partial charge is 0.243 e. The van der Waals surface area contributed by atoms with Gasteiger partial charge in [0.25, 0.3) is 0 Å². The van der Waals surface area contributed by atoms with Crippen molar-refractivity contribution in [2.45, 2.75) is 76.2 Å². The first-order valence-corrected chi connectivity index (χ1v) is 13.4. The van der Waals surface area contributed by atoms with Gasteiger partial charge in [0.05, 0.1) is 24.8 Å². The summed E-state index contributed by atoms with van der Waals surface area (Å²) < 4.78 is 5.53. The van der Waals surface area contributed by atoms with E-state index in [0.29, 0.717) is 39.1 Å². The van der Waals surface area contributed by atoms with Gasteiger partial charge in [-0.1, -0.05) is 26.0 Å². The number of carbonyl (C=O) groups is 4. The van der Waals surface area contributed by atoms with E-state index >= 15 is 0 Å². The molecule has 208 valence electrons. The molecule has 1 spiro atoms. The fourth-order valence-corrected chi connectivity index (χ4v) is 5.42. The van der Waals surface area contributed by atoms with E-state index in [9.17, 15) is 24.3 Å². The number of aromatic hydroxyl groups is 1. The third kappa shape index (κ3) is 6.27. The van der Waals surface area contributed by atoms with Crippen LogP contribution in [0.25, 0.3) is 0 Å². The molecular weight excluding hydrogens is 490 g/mol. The summed E-state index contributed by atoms with van der Waals surface area (Å²) in [5.41, 5.74) is 0.231. The first-order chi connectivity index (χ1) is 18.1. The van der Waals surface area contributed by atoms with E-state index in [1.54, 1.807) is 19.1 Å². The summed E-state index contributed by atoms with van der Waals surface area (Å²) in [6, 6.07) is 3.36. The Labute approximate surface area is 223 Å². The topological polar surface area (TPSA) is 149 Å². The lowest BCUT2D eigenvalue weighted by atomic mass is 9.93. The maximum Gasteiger partial charge on any atom is 0.243 e. The minimum absolute atomic E-state index is 0.0907. The molecule has 3 aliphatic rings. The monoisotopic (exact) mass is 529 g/mol. The van der Waals surface area contributed by atoms with Gasteiger partial charge < -0.3 is 31.1 Å². The fourth-order valence-electron chi connectivity index (χ4n) is 5.42. The second-order valence-corrected chi connectivity index (χ2v) is 11.1. The molecule has 0 aliphatic carbocycles. The molecular formula is C27H39N5O6. The number of amides is 4. The highest BCUT2D eigenvalue weighted by Crippen LogP contribution is 2.32. The third-order valence-electron chi connectivity index (χ3n) is 7.60. The van der Waals surface area contributed by atoms with Crippen LogP contribution in [-0.2, 0) is 30.3 Å². The average Bonchev–Trinajstić information content (AvgIpc) is 3.33. The third-order valence-corrected chi connectivity index (χ3v) is 7.60. The maximum absolute atomic E-state index is 13.6. The Morgan fingerprint density at radius 2 is 1.63 bits per heavy atom. The van der Waals surface area contributed by atoms with E-state index in [2.05, 4.69) is 26.2 Å². The van der Waals surface area contributed by atoms with Crippen molar-refractivity contribution in [1.82, 2.24) is 26.2 Å². The van der Waals surface area contributed by atoms with Gasteiger partial charge in [-0.2, -0.15) is 0 Å². The molecule has 1 aromatic rings. The Balaban J connectivity index is 1.66. The zero-order valence-corrected chi connectivity index (χ0v) is 22.3. The minimum atomic E-state index is -0.937. The van der Waals surface area contributed by atoms with Crippen LogP contribution in [0.3, 0.4) is 0 Å². The van der Waals surface area contributed by atoms with Crippen LogP contribution in [-0.4, -0.2) is 89.6 Å². The summed E-state index contributed by atoms with van der Waals surface area (Å²) >= 11 is 0. The Bertz CT molecular complexity index is 1040. The van der Waals surface area contributed by atoms with E-state index < -0.39 is 41.5 Å². The Hall–Kier alpha value is -3.18. The SMILES string of the molecule is CC(C)C[C@@H]1NC(=O)[C@H](Cc2ccc(O)cc2)NC(=O)C2CCCN2C2(CNC(=O)[C@H](C)NC1=O)COC2. The number of carbonyl (C=O) groups excluding carboxylic acids is 4. The molecule has 3 fully saturated rings. The zero-order chi connectivity index (χ0) is 27.4. The van der Waals surface area contributed by atoms with Gasteiger partial charge in [-0.25, -0.2) is 0 Å². The van der Waals surface area contributed by atoms with Crippen molar-refractivity contribution in [3.63, 3.8) is 0 Å². The van der Waals surface area contributed by atoms with Crippen LogP contribution in [0.2, 0.25) is 0 Å². The lowest BCUT2D eigenvalue weighted by Crippen LogP contribution is -2.70. The number of fused-ring (bicyclic) bond motifs is 2. The normalized spacial score (nSPS) is 28.8. The van der Waals surface area contributed by atoms with Crippen LogP contribution in [0, 0.1) is 5.92 Å². The standard InChI is InChI=1S/C27H39N5O6/c1-16(2)11-20-24(35)29-17(3)23(34)28-13-27(14-38-15-27)32-10-4-5-22(32)26(37)31-21(25(36)30-20)12-18-6-8-19(33)9-7-18/h6-9,16-17,20-22,33H,4-5,10-15H2,1-3H3,(H,28,34)(H,29,35)(H,30,36)(H,31,37)/t17-,20-,21-,22?/m0/s1. The van der Waals surface area contributed by atoms with E-state index in [0.717, 1.165) is 12.0 Å². The van der Waals surface area contributed by atoms with Crippen LogP contribution in [0.1, 0.15) is 45.6 Å². The lowest BCUT2D eigenvalue weighted by Gasteiger charge is -2.50. The predicted octanol–water partition coefficient (Wildman–Crippen LogP) is -0.182. The molecule has 11 heteroatoms. The first-order valence-electron chi connectivity index (χ1n) is 13.4. The van der Waals surface area contributed by atoms with Crippen LogP contribution in [0.15, 0.2) is 24.3 Å². The molecule has 0 saturated carbocycles. The Kier molecular flexibility index (Phi) is 8.57. The van der Waals surface area contributed by atoms with E-state index in [1.165, 1.54) is 12.1 Å². The Morgan fingerprint density at radius 1 is 0.974 bits per heavy atom. The van der Waals surface area contributed by atoms with Crippen molar-refractivity contribution in [3.05, 3.63) is 29.8 Å². The van der Waals surface area contributed by atoms with Gasteiger partial charge in [0.2, 0.25) is 23.6 Å². The highest BCUT2D eigenvalue weighted by molar-refractivity contribution is 5.95. The van der Waals surface area contributed by atoms with Crippen molar-refractivity contribution < 1.29 is 29.0 Å². The number of ether oxygens (including phenoxy) is 1. The summed E-state index contributed by atoms with van der Waals surface area (Å²) in [5, 5.41) is 21.1. The van der Waals surface area contributed by atoms with Gasteiger partial charge >= 0.3 is 0 Å². The van der Waals surface area contributed by atoms with Gasteiger partial charge in [0.15, 0.2) is 0 Å². The Morgan fingerprint density at radius 3 is 2.26 bits per heavy atom. The number of phenolic OH excluding ortho intramolecular Hbond substituents is 1. The van der Waals surface area contributed by atoms with E-state index in [1.807, 2.05) is 13.8 Å². The molecule has 3 aliphatic heterocycles. The summed E-state index contributed by atoms with van der Waals surface area (Å²) in [6.07, 6.45) is 1.99. The number of phenols is 1. The van der Waals surface area contributed by atoms with Crippen molar-refractivity contribution in [1.29, 1.82) is 0 Å². The number of nitrogens with zero attached hydrogens (tertiary/aromatic N) is 1. The summed E-state index contributed by atoms with van der Waals surface area (Å²) in [4.78, 5) is 55.3. The molecule has 3 saturated heterocycles. The molecule has 5 N–H and O–H groups in total. The van der Waals surface area contributed by atoms with Crippen molar-refractivity contribution in [3.8, 4) is 5.75 Å². The predicted molar refractivity (Wildman–Crippen MR) is 139 cm³/mol. The van der Waals surface area contributed by atoms with Crippen LogP contribution < -0.4 is 21.3 Å². The molecule has 1 aromatic carbocycles. The summed E-state index contributed by atoms with van der Waals surface area (Å²) in [7, 11) is 0. The van der Waals surface area contributed by atoms with Crippen LogP contribution in [0.5, 0.6) is 5.75 Å². The second-order valence-electron chi connectivity index (χ2n) is 11.1. The van der Waals surface area contributed by atoms with Gasteiger partial charge in [-0.3, -0.25) is 24.1 Å². The maximum atomic E-state index is 13.6. The van der Waals surface area contributed by atoms with Crippen molar-refractivity contribution in [2.75, 3.05) is 26.3 Å². The molecule has 4 rings (SSSR count). The summed E-state index contributed by atoms with van der Waals surface area (Å²) in [6.45, 7) is 7.22. The van der Waals surface area contributed by atoms with Gasteiger partial charge in [0, 0.05) is 13.0 Å². The molecule has 0 radical (unpaired) electrons. The average molecular weight is 530 g/mol. The van der Waals surface area contributed by atoms with Crippen LogP contribution in [0.4, 0.5) is 0 Å². The number of hydrogen-bond acceptors (Lipinski definition) is 7. The van der Waals surface area contributed by atoms with E-state index in [-0.39, 0.29) is 29.9 Å². The molecule has 0 aromatic heterocycles. The van der Waals surface area contributed by atoms with Crippen LogP contribution >= 0.6 is 0 Å². The van der Waals surface area contributed by atoms with Crippen molar-refractivity contribution in [2.24, 2.45) is 5.92 Å². The zero-order valence-electron chi connectivity index (χ0n) is 22.3. The largest absolute Gasteiger partial charge is 0.508 e. The molecule has 4 amide bonds. The molecule has 38 heavy (non-hydrogen) atoms. The highest BCUT2D eigenvalue weighted by Gasteiger charge is 2.51. The number of benzene rings is 1. The highest BCUT2D eigenvalue weighted by atomic mass is 16.5. The van der Waals surface area contributed by atoms with Gasteiger partial charge in [-0.15, -0.1) is 0 Å². The van der Waals surface area contributed by atoms with Gasteiger partial charge in [0.1, 0.15) is 23.9 Å². The van der Waals surface area contributed by atoms with E-state index in [4.69, 9.17) is 4.74 Å². The molecule has 11 nitrogen and oxygen atoms in total. The number of hydrogen-bond donors (Lipinski definition) is 5. The molecule has 4 atom stereocenters. The number of nitrogens with one attached hydrogen (secondary N) is 4. The fraction of sp³-hybridized carbons (Fsp3) is 0.630. The van der Waals surface area contributed by atoms with Crippen molar-refractivity contribution >= 4 is 23.6 Å². The second kappa shape index (κ2) is 11.7. The first kappa shape index (κ1) is 27.8. The lowest BCUT2D eigenvalue weighted by molar-refractivity contribution is -0.156. The number of rotatable bonds is 4.